The van der Waals surface area contributed by atoms with E-state index in [4.69, 9.17) is 25.5 Å². The Balaban J connectivity index is 1.04. The maximum atomic E-state index is 13.5. The molecule has 2 atom stereocenters. The van der Waals surface area contributed by atoms with Crippen molar-refractivity contribution in [3.63, 3.8) is 0 Å². The van der Waals surface area contributed by atoms with Crippen molar-refractivity contribution in [1.82, 2.24) is 9.88 Å². The maximum Gasteiger partial charge on any atom is 0.338 e. The molecule has 1 amide bonds. The van der Waals surface area contributed by atoms with Gasteiger partial charge in [-0.15, -0.1) is 0 Å². The number of nitrogens with zero attached hydrogens (tertiary/aromatic N) is 2. The number of carbonyl (C=O) groups excluding carboxylic acids is 2. The zero-order valence-electron chi connectivity index (χ0n) is 22.0. The normalized spacial score (nSPS) is 20.1. The van der Waals surface area contributed by atoms with Gasteiger partial charge in [0.25, 0.3) is 11.1 Å². The summed E-state index contributed by atoms with van der Waals surface area (Å²) in [6, 6.07) is 20.7. The van der Waals surface area contributed by atoms with Crippen molar-refractivity contribution < 1.29 is 23.5 Å². The number of ether oxygens (including phenoxy) is 2. The molecule has 0 aliphatic carbocycles. The highest BCUT2D eigenvalue weighted by atomic mass is 35.5. The van der Waals surface area contributed by atoms with Gasteiger partial charge < -0.3 is 18.8 Å². The van der Waals surface area contributed by atoms with E-state index in [1.807, 2.05) is 48.5 Å². The van der Waals surface area contributed by atoms with Gasteiger partial charge in [0, 0.05) is 36.2 Å². The molecule has 2 bridgehead atoms. The lowest BCUT2D eigenvalue weighted by molar-refractivity contribution is 0.0359. The van der Waals surface area contributed by atoms with E-state index in [9.17, 15) is 9.59 Å². The number of rotatable bonds is 8. The van der Waals surface area contributed by atoms with Crippen molar-refractivity contribution >= 4 is 46.3 Å². The summed E-state index contributed by atoms with van der Waals surface area (Å²) < 4.78 is 17.1. The molecule has 206 valence electrons. The minimum Gasteiger partial charge on any atom is -0.490 e. The summed E-state index contributed by atoms with van der Waals surface area (Å²) in [5, 5.41) is 1.12. The predicted octanol–water partition coefficient (Wildman–Crippen LogP) is 7.16. The number of esters is 1. The molecule has 0 saturated carbocycles. The molecule has 3 aromatic carbocycles. The minimum absolute atomic E-state index is 0.0381. The fourth-order valence-electron chi connectivity index (χ4n) is 5.63. The largest absolute Gasteiger partial charge is 0.490 e. The van der Waals surface area contributed by atoms with E-state index in [1.165, 1.54) is 11.8 Å². The summed E-state index contributed by atoms with van der Waals surface area (Å²) in [5.41, 5.74) is 3.64. The molecule has 2 aliphatic heterocycles. The van der Waals surface area contributed by atoms with Crippen LogP contribution in [-0.2, 0) is 10.5 Å². The van der Waals surface area contributed by atoms with Crippen LogP contribution in [0.15, 0.2) is 76.4 Å². The van der Waals surface area contributed by atoms with Gasteiger partial charge in [-0.3, -0.25) is 4.79 Å². The Morgan fingerprint density at radius 1 is 1.00 bits per heavy atom. The standard InChI is InChI=1S/C31H29ClN2O5S/c1-2-37-30(36)21-10-14-24(15-11-21)38-25-16-22-12-13-23(17-25)34(22)29(35)20-8-6-19(7-9-20)18-40-31-33-27-5-3-4-26(32)28(27)39-31/h3-11,14-15,22-23,25H,2,12-13,16-18H2,1H3. The van der Waals surface area contributed by atoms with E-state index in [1.54, 1.807) is 25.1 Å². The number of oxazole rings is 1. The zero-order valence-corrected chi connectivity index (χ0v) is 23.6. The Kier molecular flexibility index (Phi) is 7.71. The number of benzene rings is 3. The first-order valence-electron chi connectivity index (χ1n) is 13.5. The van der Waals surface area contributed by atoms with Crippen LogP contribution in [0.25, 0.3) is 11.1 Å². The van der Waals surface area contributed by atoms with Crippen LogP contribution in [0.5, 0.6) is 5.75 Å². The average Bonchev–Trinajstić information content (AvgIpc) is 3.51. The minimum atomic E-state index is -0.334. The number of amides is 1. The topological polar surface area (TPSA) is 81.9 Å². The fourth-order valence-corrected chi connectivity index (χ4v) is 6.62. The summed E-state index contributed by atoms with van der Waals surface area (Å²) in [7, 11) is 0. The SMILES string of the molecule is CCOC(=O)c1ccc(OC2CC3CCC(C2)N3C(=O)c2ccc(CSc3nc4cccc(Cl)c4o3)cc2)cc1. The van der Waals surface area contributed by atoms with Gasteiger partial charge in [-0.1, -0.05) is 41.6 Å². The lowest BCUT2D eigenvalue weighted by Crippen LogP contribution is -2.49. The van der Waals surface area contributed by atoms with Gasteiger partial charge in [-0.2, -0.15) is 0 Å². The maximum absolute atomic E-state index is 13.5. The van der Waals surface area contributed by atoms with Crippen LogP contribution in [0.4, 0.5) is 0 Å². The Labute approximate surface area is 241 Å². The van der Waals surface area contributed by atoms with Crippen molar-refractivity contribution in [2.75, 3.05) is 6.61 Å². The summed E-state index contributed by atoms with van der Waals surface area (Å²) >= 11 is 7.69. The van der Waals surface area contributed by atoms with Gasteiger partial charge in [-0.25, -0.2) is 9.78 Å². The number of piperidine rings is 1. The number of para-hydroxylation sites is 1. The summed E-state index contributed by atoms with van der Waals surface area (Å²) in [5.74, 6) is 1.15. The fraction of sp³-hybridized carbons (Fsp3) is 0.323. The molecule has 0 radical (unpaired) electrons. The highest BCUT2D eigenvalue weighted by Gasteiger charge is 2.44. The highest BCUT2D eigenvalue weighted by Crippen LogP contribution is 2.38. The van der Waals surface area contributed by atoms with Gasteiger partial charge >= 0.3 is 5.97 Å². The Bertz CT molecular complexity index is 1510. The zero-order chi connectivity index (χ0) is 27.6. The number of fused-ring (bicyclic) bond motifs is 3. The highest BCUT2D eigenvalue weighted by molar-refractivity contribution is 7.98. The molecular weight excluding hydrogens is 548 g/mol. The van der Waals surface area contributed by atoms with Gasteiger partial charge in [0.2, 0.25) is 0 Å². The molecule has 7 nitrogen and oxygen atoms in total. The number of carbonyl (C=O) groups is 2. The first-order chi connectivity index (χ1) is 19.5. The molecule has 4 aromatic rings. The van der Waals surface area contributed by atoms with Crippen molar-refractivity contribution in [2.45, 2.75) is 61.8 Å². The van der Waals surface area contributed by atoms with Crippen molar-refractivity contribution in [3.05, 3.63) is 88.4 Å². The number of hydrogen-bond donors (Lipinski definition) is 0. The van der Waals surface area contributed by atoms with Crippen LogP contribution >= 0.6 is 23.4 Å². The second-order valence-corrected chi connectivity index (χ2v) is 11.4. The lowest BCUT2D eigenvalue weighted by Gasteiger charge is -2.39. The summed E-state index contributed by atoms with van der Waals surface area (Å²) in [6.45, 7) is 2.13. The van der Waals surface area contributed by atoms with Crippen LogP contribution in [0.2, 0.25) is 5.02 Å². The van der Waals surface area contributed by atoms with Gasteiger partial charge in [-0.05, 0) is 73.9 Å². The average molecular weight is 577 g/mol. The van der Waals surface area contributed by atoms with Crippen molar-refractivity contribution in [2.24, 2.45) is 0 Å². The lowest BCUT2D eigenvalue weighted by atomic mass is 9.98. The molecule has 0 N–H and O–H groups in total. The molecule has 40 heavy (non-hydrogen) atoms. The number of aromatic nitrogens is 1. The molecular formula is C31H29ClN2O5S. The third-order valence-corrected chi connectivity index (χ3v) is 8.70. The molecule has 2 unspecified atom stereocenters. The Morgan fingerprint density at radius 3 is 2.38 bits per heavy atom. The van der Waals surface area contributed by atoms with E-state index >= 15 is 0 Å². The number of hydrogen-bond acceptors (Lipinski definition) is 7. The summed E-state index contributed by atoms with van der Waals surface area (Å²) in [6.07, 6.45) is 3.61. The van der Waals surface area contributed by atoms with E-state index in [2.05, 4.69) is 9.88 Å². The predicted molar refractivity (Wildman–Crippen MR) is 154 cm³/mol. The molecule has 1 aromatic heterocycles. The Morgan fingerprint density at radius 2 is 1.70 bits per heavy atom. The molecule has 0 spiro atoms. The smallest absolute Gasteiger partial charge is 0.338 e. The third kappa shape index (κ3) is 5.56. The molecule has 2 fully saturated rings. The van der Waals surface area contributed by atoms with Crippen LogP contribution in [-0.4, -0.2) is 46.6 Å². The quantitative estimate of drug-likeness (QED) is 0.162. The van der Waals surface area contributed by atoms with Gasteiger partial charge in [0.05, 0.1) is 17.2 Å². The van der Waals surface area contributed by atoms with E-state index < -0.39 is 0 Å². The third-order valence-electron chi connectivity index (χ3n) is 7.50. The van der Waals surface area contributed by atoms with E-state index in [-0.39, 0.29) is 30.1 Å². The first kappa shape index (κ1) is 26.7. The first-order valence-corrected chi connectivity index (χ1v) is 14.9. The van der Waals surface area contributed by atoms with Crippen molar-refractivity contribution in [1.29, 1.82) is 0 Å². The van der Waals surface area contributed by atoms with Gasteiger partial charge in [0.1, 0.15) is 17.4 Å². The number of halogens is 1. The second-order valence-electron chi connectivity index (χ2n) is 10.1. The van der Waals surface area contributed by atoms with Crippen LogP contribution in [0.3, 0.4) is 0 Å². The second kappa shape index (κ2) is 11.6. The van der Waals surface area contributed by atoms with Crippen LogP contribution in [0, 0.1) is 0 Å². The monoisotopic (exact) mass is 576 g/mol. The molecule has 2 aliphatic rings. The number of thioether (sulfide) groups is 1. The van der Waals surface area contributed by atoms with E-state index in [0.29, 0.717) is 39.3 Å². The summed E-state index contributed by atoms with van der Waals surface area (Å²) in [4.78, 5) is 32.0. The van der Waals surface area contributed by atoms with Crippen LogP contribution in [0.1, 0.15) is 58.9 Å². The molecule has 2 saturated heterocycles. The van der Waals surface area contributed by atoms with E-state index in [0.717, 1.165) is 42.5 Å². The van der Waals surface area contributed by atoms with Crippen LogP contribution < -0.4 is 4.74 Å². The van der Waals surface area contributed by atoms with Gasteiger partial charge in [0.15, 0.2) is 5.58 Å². The molecule has 9 heteroatoms. The Hall–Kier alpha value is -3.49. The van der Waals surface area contributed by atoms with Crippen molar-refractivity contribution in [3.8, 4) is 5.75 Å². The molecule has 6 rings (SSSR count). The molecule has 3 heterocycles.